The van der Waals surface area contributed by atoms with Crippen LogP contribution in [0.2, 0.25) is 0 Å². The number of ether oxygens (including phenoxy) is 1. The summed E-state index contributed by atoms with van der Waals surface area (Å²) in [6, 6.07) is 14.4. The van der Waals surface area contributed by atoms with Crippen molar-refractivity contribution in [1.82, 2.24) is 4.98 Å². The summed E-state index contributed by atoms with van der Waals surface area (Å²) in [5, 5.41) is 12.4. The molecule has 0 spiro atoms. The standard InChI is InChI=1S/C19H17NO2/c1-22-11-6-7-15-13(10-11)17-16(20-15)8-9-19(21)14-5-3-2-4-12(14)18(17)19/h2-7,10,18,20-21H,8-9H2,1H3/t18-,19+/m0/s1. The fraction of sp³-hybridized carbons (Fsp3) is 0.263. The third-order valence-corrected chi connectivity index (χ3v) is 5.39. The van der Waals surface area contributed by atoms with Gasteiger partial charge in [0.2, 0.25) is 0 Å². The topological polar surface area (TPSA) is 45.2 Å². The molecular formula is C19H17NO2. The number of aromatic nitrogens is 1. The van der Waals surface area contributed by atoms with E-state index in [0.29, 0.717) is 0 Å². The van der Waals surface area contributed by atoms with Crippen molar-refractivity contribution < 1.29 is 9.84 Å². The van der Waals surface area contributed by atoms with E-state index in [9.17, 15) is 5.11 Å². The van der Waals surface area contributed by atoms with Crippen molar-refractivity contribution in [1.29, 1.82) is 0 Å². The van der Waals surface area contributed by atoms with Crippen LogP contribution in [-0.2, 0) is 12.0 Å². The lowest BCUT2D eigenvalue weighted by Crippen LogP contribution is -2.47. The first-order valence-corrected chi connectivity index (χ1v) is 7.72. The van der Waals surface area contributed by atoms with Crippen molar-refractivity contribution in [3.05, 3.63) is 64.8 Å². The first-order valence-electron chi connectivity index (χ1n) is 7.72. The first kappa shape index (κ1) is 12.3. The molecule has 22 heavy (non-hydrogen) atoms. The summed E-state index contributed by atoms with van der Waals surface area (Å²) in [7, 11) is 1.69. The molecule has 0 bridgehead atoms. The summed E-state index contributed by atoms with van der Waals surface area (Å²) in [5.74, 6) is 0.935. The molecule has 2 aliphatic carbocycles. The number of methoxy groups -OCH3 is 1. The molecule has 0 aliphatic heterocycles. The van der Waals surface area contributed by atoms with Gasteiger partial charge in [-0.05, 0) is 47.7 Å². The van der Waals surface area contributed by atoms with Gasteiger partial charge in [-0.15, -0.1) is 0 Å². The lowest BCUT2D eigenvalue weighted by molar-refractivity contribution is -0.0213. The summed E-state index contributed by atoms with van der Waals surface area (Å²) >= 11 is 0. The number of aliphatic hydroxyl groups is 1. The lowest BCUT2D eigenvalue weighted by Gasteiger charge is -2.50. The number of fused-ring (bicyclic) bond motifs is 8. The lowest BCUT2D eigenvalue weighted by atomic mass is 9.57. The molecule has 1 aromatic heterocycles. The molecule has 5 rings (SSSR count). The smallest absolute Gasteiger partial charge is 0.119 e. The number of hydrogen-bond acceptors (Lipinski definition) is 2. The molecule has 2 N–H and O–H groups in total. The van der Waals surface area contributed by atoms with Crippen LogP contribution in [0, 0.1) is 0 Å². The second-order valence-corrected chi connectivity index (χ2v) is 6.37. The van der Waals surface area contributed by atoms with Crippen molar-refractivity contribution in [2.45, 2.75) is 24.4 Å². The zero-order chi connectivity index (χ0) is 14.9. The van der Waals surface area contributed by atoms with Gasteiger partial charge in [0.1, 0.15) is 11.4 Å². The molecule has 2 aromatic carbocycles. The first-order chi connectivity index (χ1) is 10.7. The van der Waals surface area contributed by atoms with Crippen molar-refractivity contribution in [3.8, 4) is 5.75 Å². The van der Waals surface area contributed by atoms with E-state index in [0.717, 1.165) is 29.7 Å². The summed E-state index contributed by atoms with van der Waals surface area (Å²) in [5.41, 5.74) is 5.28. The minimum absolute atomic E-state index is 0.0771. The molecule has 1 heterocycles. The SMILES string of the molecule is COc1ccc2[nH]c3c(c2c1)[C@@H]1c2ccccc2[C@]1(O)CC3. The number of aromatic amines is 1. The maximum Gasteiger partial charge on any atom is 0.119 e. The zero-order valence-corrected chi connectivity index (χ0v) is 12.4. The van der Waals surface area contributed by atoms with Crippen LogP contribution < -0.4 is 4.74 Å². The molecule has 0 fully saturated rings. The molecule has 0 saturated carbocycles. The number of rotatable bonds is 1. The van der Waals surface area contributed by atoms with E-state index in [1.165, 1.54) is 22.2 Å². The maximum atomic E-state index is 11.2. The summed E-state index contributed by atoms with van der Waals surface area (Å²) < 4.78 is 5.38. The van der Waals surface area contributed by atoms with Crippen LogP contribution in [0.3, 0.4) is 0 Å². The van der Waals surface area contributed by atoms with Crippen LogP contribution >= 0.6 is 0 Å². The molecular weight excluding hydrogens is 274 g/mol. The quantitative estimate of drug-likeness (QED) is 0.721. The molecule has 3 aromatic rings. The molecule has 2 atom stereocenters. The highest BCUT2D eigenvalue weighted by molar-refractivity contribution is 5.88. The minimum atomic E-state index is -0.707. The Balaban J connectivity index is 1.81. The monoisotopic (exact) mass is 291 g/mol. The van der Waals surface area contributed by atoms with Gasteiger partial charge in [-0.1, -0.05) is 24.3 Å². The average Bonchev–Trinajstić information content (AvgIpc) is 2.90. The normalized spacial score (nSPS) is 25.1. The van der Waals surface area contributed by atoms with E-state index in [2.05, 4.69) is 35.3 Å². The fourth-order valence-corrected chi connectivity index (χ4v) is 4.37. The Morgan fingerprint density at radius 1 is 1.23 bits per heavy atom. The minimum Gasteiger partial charge on any atom is -0.497 e. The van der Waals surface area contributed by atoms with Gasteiger partial charge in [0.25, 0.3) is 0 Å². The van der Waals surface area contributed by atoms with E-state index in [-0.39, 0.29) is 5.92 Å². The van der Waals surface area contributed by atoms with Crippen molar-refractivity contribution in [3.63, 3.8) is 0 Å². The number of aryl methyl sites for hydroxylation is 1. The van der Waals surface area contributed by atoms with Gasteiger partial charge in [-0.25, -0.2) is 0 Å². The Hall–Kier alpha value is -2.26. The van der Waals surface area contributed by atoms with Gasteiger partial charge in [-0.2, -0.15) is 0 Å². The van der Waals surface area contributed by atoms with Gasteiger partial charge in [-0.3, -0.25) is 0 Å². The molecule has 3 heteroatoms. The van der Waals surface area contributed by atoms with Crippen LogP contribution in [-0.4, -0.2) is 17.2 Å². The number of H-pyrrole nitrogens is 1. The number of hydrogen-bond donors (Lipinski definition) is 2. The van der Waals surface area contributed by atoms with Crippen LogP contribution in [0.15, 0.2) is 42.5 Å². The summed E-state index contributed by atoms with van der Waals surface area (Å²) in [6.45, 7) is 0. The molecule has 2 aliphatic rings. The molecule has 0 amide bonds. The molecule has 3 nitrogen and oxygen atoms in total. The second-order valence-electron chi connectivity index (χ2n) is 6.37. The summed E-state index contributed by atoms with van der Waals surface area (Å²) in [6.07, 6.45) is 1.67. The van der Waals surface area contributed by atoms with Crippen LogP contribution in [0.1, 0.15) is 34.7 Å². The van der Waals surface area contributed by atoms with Crippen LogP contribution in [0.5, 0.6) is 5.75 Å². The molecule has 0 unspecified atom stereocenters. The van der Waals surface area contributed by atoms with Gasteiger partial charge >= 0.3 is 0 Å². The highest BCUT2D eigenvalue weighted by Crippen LogP contribution is 2.60. The van der Waals surface area contributed by atoms with Crippen molar-refractivity contribution in [2.24, 2.45) is 0 Å². The summed E-state index contributed by atoms with van der Waals surface area (Å²) in [4.78, 5) is 3.53. The number of nitrogens with one attached hydrogen (secondary N) is 1. The van der Waals surface area contributed by atoms with Gasteiger partial charge in [0.05, 0.1) is 7.11 Å². The zero-order valence-electron chi connectivity index (χ0n) is 12.4. The van der Waals surface area contributed by atoms with Gasteiger partial charge in [0, 0.05) is 22.5 Å². The molecule has 0 saturated heterocycles. The largest absolute Gasteiger partial charge is 0.497 e. The highest BCUT2D eigenvalue weighted by atomic mass is 16.5. The van der Waals surface area contributed by atoms with E-state index in [1.54, 1.807) is 7.11 Å². The fourth-order valence-electron chi connectivity index (χ4n) is 4.37. The Bertz CT molecular complexity index is 911. The molecule has 110 valence electrons. The predicted octanol–water partition coefficient (Wildman–Crippen LogP) is 3.46. The third kappa shape index (κ3) is 1.30. The van der Waals surface area contributed by atoms with Crippen LogP contribution in [0.25, 0.3) is 10.9 Å². The Morgan fingerprint density at radius 2 is 2.09 bits per heavy atom. The van der Waals surface area contributed by atoms with E-state index in [1.807, 2.05) is 12.1 Å². The Labute approximate surface area is 128 Å². The third-order valence-electron chi connectivity index (χ3n) is 5.39. The van der Waals surface area contributed by atoms with E-state index < -0.39 is 5.60 Å². The van der Waals surface area contributed by atoms with E-state index >= 15 is 0 Å². The number of benzene rings is 2. The van der Waals surface area contributed by atoms with Crippen molar-refractivity contribution in [2.75, 3.05) is 7.11 Å². The van der Waals surface area contributed by atoms with Gasteiger partial charge < -0.3 is 14.8 Å². The molecule has 0 radical (unpaired) electrons. The van der Waals surface area contributed by atoms with Gasteiger partial charge in [0.15, 0.2) is 0 Å². The van der Waals surface area contributed by atoms with Crippen LogP contribution in [0.4, 0.5) is 0 Å². The highest BCUT2D eigenvalue weighted by Gasteiger charge is 2.54. The van der Waals surface area contributed by atoms with E-state index in [4.69, 9.17) is 4.74 Å². The average molecular weight is 291 g/mol. The maximum absolute atomic E-state index is 11.2. The second kappa shape index (κ2) is 3.93. The van der Waals surface area contributed by atoms with Crippen molar-refractivity contribution >= 4 is 10.9 Å². The Kier molecular flexibility index (Phi) is 2.20. The Morgan fingerprint density at radius 3 is 2.95 bits per heavy atom. The predicted molar refractivity (Wildman–Crippen MR) is 85.4 cm³/mol.